The van der Waals surface area contributed by atoms with Gasteiger partial charge in [0, 0.05) is 11.9 Å². The molecule has 0 aliphatic heterocycles. The Labute approximate surface area is 94.6 Å². The molecule has 0 unspecified atom stereocenters. The Morgan fingerprint density at radius 2 is 2.19 bits per heavy atom. The molecule has 0 saturated carbocycles. The second-order valence-corrected chi connectivity index (χ2v) is 3.71. The van der Waals surface area contributed by atoms with Crippen LogP contribution in [0.15, 0.2) is 30.5 Å². The molecule has 84 valence electrons. The number of rotatable bonds is 3. The van der Waals surface area contributed by atoms with Crippen molar-refractivity contribution in [1.82, 2.24) is 9.78 Å². The van der Waals surface area contributed by atoms with Crippen LogP contribution in [0.25, 0.3) is 0 Å². The van der Waals surface area contributed by atoms with Crippen LogP contribution in [0, 0.1) is 6.92 Å². The van der Waals surface area contributed by atoms with Gasteiger partial charge < -0.3 is 10.5 Å². The molecule has 0 amide bonds. The zero-order chi connectivity index (χ0) is 11.5. The Balaban J connectivity index is 2.23. The monoisotopic (exact) mass is 217 g/mol. The summed E-state index contributed by atoms with van der Waals surface area (Å²) in [5.74, 6) is 0.709. The molecule has 0 saturated heterocycles. The van der Waals surface area contributed by atoms with Gasteiger partial charge in [-0.1, -0.05) is 6.07 Å². The van der Waals surface area contributed by atoms with Crippen molar-refractivity contribution in [1.29, 1.82) is 0 Å². The van der Waals surface area contributed by atoms with Crippen LogP contribution in [0.1, 0.15) is 11.3 Å². The van der Waals surface area contributed by atoms with Gasteiger partial charge in [-0.15, -0.1) is 0 Å². The number of methoxy groups -OCH3 is 1. The maximum atomic E-state index is 5.84. The first-order valence-corrected chi connectivity index (χ1v) is 5.11. The number of nitrogens with zero attached hydrogens (tertiary/aromatic N) is 2. The molecule has 16 heavy (non-hydrogen) atoms. The van der Waals surface area contributed by atoms with Crippen molar-refractivity contribution in [3.05, 3.63) is 41.7 Å². The van der Waals surface area contributed by atoms with E-state index in [1.165, 1.54) is 0 Å². The van der Waals surface area contributed by atoms with Crippen LogP contribution in [0.2, 0.25) is 0 Å². The summed E-state index contributed by atoms with van der Waals surface area (Å²) in [6, 6.07) is 7.77. The molecule has 1 heterocycles. The summed E-state index contributed by atoms with van der Waals surface area (Å²) in [5, 5.41) is 4.23. The standard InChI is InChI=1S/C12H15N3O/c1-9-5-6-14-15(9)8-10-3-4-12(16-2)11(13)7-10/h3-7H,8,13H2,1-2H3. The molecule has 4 nitrogen and oxygen atoms in total. The number of ether oxygens (including phenoxy) is 1. The molecule has 1 aromatic heterocycles. The van der Waals surface area contributed by atoms with Crippen LogP contribution in [-0.4, -0.2) is 16.9 Å². The van der Waals surface area contributed by atoms with Gasteiger partial charge in [-0.3, -0.25) is 4.68 Å². The highest BCUT2D eigenvalue weighted by Gasteiger charge is 2.03. The molecule has 0 fully saturated rings. The average molecular weight is 217 g/mol. The van der Waals surface area contributed by atoms with E-state index in [0.29, 0.717) is 11.4 Å². The highest BCUT2D eigenvalue weighted by atomic mass is 16.5. The van der Waals surface area contributed by atoms with E-state index >= 15 is 0 Å². The Morgan fingerprint density at radius 3 is 2.75 bits per heavy atom. The maximum Gasteiger partial charge on any atom is 0.141 e. The zero-order valence-electron chi connectivity index (χ0n) is 9.47. The van der Waals surface area contributed by atoms with Gasteiger partial charge in [0.2, 0.25) is 0 Å². The van der Waals surface area contributed by atoms with E-state index in [4.69, 9.17) is 10.5 Å². The molecular formula is C12H15N3O. The molecule has 0 atom stereocenters. The quantitative estimate of drug-likeness (QED) is 0.798. The lowest BCUT2D eigenvalue weighted by Crippen LogP contribution is -2.04. The van der Waals surface area contributed by atoms with Crippen molar-refractivity contribution in [2.45, 2.75) is 13.5 Å². The van der Waals surface area contributed by atoms with Crippen molar-refractivity contribution in [3.63, 3.8) is 0 Å². The Hall–Kier alpha value is -1.97. The fourth-order valence-electron chi connectivity index (χ4n) is 1.62. The van der Waals surface area contributed by atoms with E-state index in [0.717, 1.165) is 17.8 Å². The lowest BCUT2D eigenvalue weighted by atomic mass is 10.2. The van der Waals surface area contributed by atoms with Crippen molar-refractivity contribution in [2.24, 2.45) is 0 Å². The molecule has 2 rings (SSSR count). The first-order chi connectivity index (χ1) is 7.70. The summed E-state index contributed by atoms with van der Waals surface area (Å²) >= 11 is 0. The fraction of sp³-hybridized carbons (Fsp3) is 0.250. The van der Waals surface area contributed by atoms with Crippen molar-refractivity contribution >= 4 is 5.69 Å². The summed E-state index contributed by atoms with van der Waals surface area (Å²) in [6.07, 6.45) is 1.79. The van der Waals surface area contributed by atoms with Gasteiger partial charge in [-0.25, -0.2) is 0 Å². The Kier molecular flexibility index (Phi) is 2.81. The van der Waals surface area contributed by atoms with Gasteiger partial charge in [0.25, 0.3) is 0 Å². The van der Waals surface area contributed by atoms with Crippen LogP contribution in [0.4, 0.5) is 5.69 Å². The van der Waals surface area contributed by atoms with Crippen molar-refractivity contribution in [3.8, 4) is 5.75 Å². The average Bonchev–Trinajstić information content (AvgIpc) is 2.65. The van der Waals surface area contributed by atoms with Gasteiger partial charge in [0.05, 0.1) is 19.3 Å². The van der Waals surface area contributed by atoms with Crippen LogP contribution in [-0.2, 0) is 6.54 Å². The third-order valence-electron chi connectivity index (χ3n) is 2.56. The highest BCUT2D eigenvalue weighted by Crippen LogP contribution is 2.22. The van der Waals surface area contributed by atoms with E-state index in [9.17, 15) is 0 Å². The van der Waals surface area contributed by atoms with Crippen LogP contribution < -0.4 is 10.5 Å². The Morgan fingerprint density at radius 1 is 1.38 bits per heavy atom. The van der Waals surface area contributed by atoms with Gasteiger partial charge in [-0.05, 0) is 30.7 Å². The number of hydrogen-bond acceptors (Lipinski definition) is 3. The highest BCUT2D eigenvalue weighted by molar-refractivity contribution is 5.54. The maximum absolute atomic E-state index is 5.84. The third kappa shape index (κ3) is 2.00. The molecule has 0 aliphatic rings. The Bertz CT molecular complexity index is 491. The summed E-state index contributed by atoms with van der Waals surface area (Å²) < 4.78 is 7.04. The van der Waals surface area contributed by atoms with E-state index in [2.05, 4.69) is 5.10 Å². The van der Waals surface area contributed by atoms with E-state index in [1.54, 1.807) is 13.3 Å². The van der Waals surface area contributed by atoms with E-state index in [-0.39, 0.29) is 0 Å². The van der Waals surface area contributed by atoms with Crippen LogP contribution in [0.3, 0.4) is 0 Å². The number of anilines is 1. The smallest absolute Gasteiger partial charge is 0.141 e. The lowest BCUT2D eigenvalue weighted by Gasteiger charge is -2.08. The van der Waals surface area contributed by atoms with Gasteiger partial charge in [-0.2, -0.15) is 5.10 Å². The summed E-state index contributed by atoms with van der Waals surface area (Å²) in [5.41, 5.74) is 8.75. The summed E-state index contributed by atoms with van der Waals surface area (Å²) in [7, 11) is 1.61. The third-order valence-corrected chi connectivity index (χ3v) is 2.56. The molecule has 0 aliphatic carbocycles. The minimum Gasteiger partial charge on any atom is -0.495 e. The molecule has 0 bridgehead atoms. The molecule has 1 aromatic carbocycles. The summed E-state index contributed by atoms with van der Waals surface area (Å²) in [6.45, 7) is 2.76. The SMILES string of the molecule is COc1ccc(Cn2nccc2C)cc1N. The molecule has 4 heteroatoms. The second kappa shape index (κ2) is 4.26. The molecular weight excluding hydrogens is 202 g/mol. The first kappa shape index (κ1) is 10.5. The lowest BCUT2D eigenvalue weighted by molar-refractivity contribution is 0.417. The number of aromatic nitrogens is 2. The van der Waals surface area contributed by atoms with Gasteiger partial charge >= 0.3 is 0 Å². The topological polar surface area (TPSA) is 53.1 Å². The fourth-order valence-corrected chi connectivity index (χ4v) is 1.62. The number of nitrogen functional groups attached to an aromatic ring is 1. The zero-order valence-corrected chi connectivity index (χ0v) is 9.47. The van der Waals surface area contributed by atoms with Gasteiger partial charge in [0.1, 0.15) is 5.75 Å². The normalized spacial score (nSPS) is 10.4. The van der Waals surface area contributed by atoms with Gasteiger partial charge in [0.15, 0.2) is 0 Å². The van der Waals surface area contributed by atoms with E-state index in [1.807, 2.05) is 35.9 Å². The van der Waals surface area contributed by atoms with Crippen LogP contribution in [0.5, 0.6) is 5.75 Å². The minimum absolute atomic E-state index is 0.657. The van der Waals surface area contributed by atoms with E-state index < -0.39 is 0 Å². The molecule has 2 N–H and O–H groups in total. The number of nitrogens with two attached hydrogens (primary N) is 1. The molecule has 0 radical (unpaired) electrons. The number of benzene rings is 1. The predicted molar refractivity (Wildman–Crippen MR) is 63.5 cm³/mol. The second-order valence-electron chi connectivity index (χ2n) is 3.71. The van der Waals surface area contributed by atoms with Crippen LogP contribution >= 0.6 is 0 Å². The van der Waals surface area contributed by atoms with Crippen molar-refractivity contribution < 1.29 is 4.74 Å². The number of hydrogen-bond donors (Lipinski definition) is 1. The first-order valence-electron chi connectivity index (χ1n) is 5.11. The molecule has 0 spiro atoms. The van der Waals surface area contributed by atoms with Crippen molar-refractivity contribution in [2.75, 3.05) is 12.8 Å². The summed E-state index contributed by atoms with van der Waals surface area (Å²) in [4.78, 5) is 0. The molecule has 2 aromatic rings. The predicted octanol–water partition coefficient (Wildman–Crippen LogP) is 1.83. The number of aryl methyl sites for hydroxylation is 1. The largest absolute Gasteiger partial charge is 0.495 e. The minimum atomic E-state index is 0.657.